The summed E-state index contributed by atoms with van der Waals surface area (Å²) in [5.41, 5.74) is 5.59. The second kappa shape index (κ2) is 5.16. The van der Waals surface area contributed by atoms with Crippen molar-refractivity contribution in [3.63, 3.8) is 0 Å². The van der Waals surface area contributed by atoms with Gasteiger partial charge in [0, 0.05) is 6.04 Å². The maximum absolute atomic E-state index is 14.0. The Morgan fingerprint density at radius 2 is 2.05 bits per heavy atom. The van der Waals surface area contributed by atoms with Crippen molar-refractivity contribution in [2.45, 2.75) is 30.3 Å². The number of hydrogen-bond donors (Lipinski definition) is 1. The zero-order valence-corrected chi connectivity index (χ0v) is 12.0. The lowest BCUT2D eigenvalue weighted by Crippen LogP contribution is -2.33. The maximum Gasteiger partial charge on any atom is 0.248 e. The van der Waals surface area contributed by atoms with E-state index in [-0.39, 0.29) is 18.3 Å². The molecule has 0 spiro atoms. The Morgan fingerprint density at radius 3 is 2.62 bits per heavy atom. The van der Waals surface area contributed by atoms with E-state index in [0.717, 1.165) is 18.9 Å². The number of nitrogen functional groups attached to an aromatic ring is 1. The zero-order chi connectivity index (χ0) is 15.0. The van der Waals surface area contributed by atoms with Gasteiger partial charge in [-0.15, -0.1) is 0 Å². The zero-order valence-electron chi connectivity index (χ0n) is 11.2. The molecule has 0 aliphatic heterocycles. The molecule has 1 aliphatic carbocycles. The number of rotatable bonds is 5. The number of halogens is 1. The van der Waals surface area contributed by atoms with Gasteiger partial charge in [0.1, 0.15) is 16.5 Å². The molecule has 1 aliphatic rings. The normalized spacial score (nSPS) is 15.5. The van der Waals surface area contributed by atoms with Gasteiger partial charge in [0.05, 0.1) is 18.5 Å². The molecule has 0 radical (unpaired) electrons. The highest BCUT2D eigenvalue weighted by molar-refractivity contribution is 7.89. The highest BCUT2D eigenvalue weighted by atomic mass is 32.2. The number of hydrogen-bond acceptors (Lipinski definition) is 4. The fourth-order valence-corrected chi connectivity index (χ4v) is 4.06. The lowest BCUT2D eigenvalue weighted by atomic mass is 10.3. The van der Waals surface area contributed by atoms with Crippen molar-refractivity contribution in [1.29, 1.82) is 0 Å². The van der Waals surface area contributed by atoms with Crippen molar-refractivity contribution in [2.24, 2.45) is 0 Å². The molecule has 3 rings (SSSR count). The van der Waals surface area contributed by atoms with E-state index in [9.17, 15) is 12.8 Å². The van der Waals surface area contributed by atoms with Crippen LogP contribution in [-0.4, -0.2) is 18.8 Å². The van der Waals surface area contributed by atoms with E-state index < -0.39 is 20.7 Å². The van der Waals surface area contributed by atoms with Gasteiger partial charge >= 0.3 is 0 Å². The van der Waals surface area contributed by atoms with E-state index in [1.54, 1.807) is 12.1 Å². The first-order valence-electron chi connectivity index (χ1n) is 6.58. The second-order valence-electron chi connectivity index (χ2n) is 5.02. The minimum absolute atomic E-state index is 0.0772. The first-order valence-corrected chi connectivity index (χ1v) is 8.02. The third-order valence-electron chi connectivity index (χ3n) is 3.41. The van der Waals surface area contributed by atoms with Gasteiger partial charge in [-0.3, -0.25) is 0 Å². The predicted molar refractivity (Wildman–Crippen MR) is 75.3 cm³/mol. The van der Waals surface area contributed by atoms with Gasteiger partial charge in [-0.1, -0.05) is 6.07 Å². The first-order chi connectivity index (χ1) is 10.00. The van der Waals surface area contributed by atoms with Crippen LogP contribution in [0.4, 0.5) is 10.1 Å². The third-order valence-corrected chi connectivity index (χ3v) is 5.40. The van der Waals surface area contributed by atoms with Crippen LogP contribution in [-0.2, 0) is 16.6 Å². The molecule has 0 bridgehead atoms. The summed E-state index contributed by atoms with van der Waals surface area (Å²) in [4.78, 5) is -0.455. The SMILES string of the molecule is Nc1cccc(F)c1S(=O)(=O)N(Cc1ccco1)C1CC1. The molecule has 1 aromatic heterocycles. The van der Waals surface area contributed by atoms with E-state index in [4.69, 9.17) is 10.2 Å². The Balaban J connectivity index is 2.01. The fourth-order valence-electron chi connectivity index (χ4n) is 2.24. The number of anilines is 1. The highest BCUT2D eigenvalue weighted by Gasteiger charge is 2.40. The predicted octanol–water partition coefficient (Wildman–Crippen LogP) is 2.35. The Hall–Kier alpha value is -1.86. The van der Waals surface area contributed by atoms with E-state index in [0.29, 0.717) is 5.76 Å². The van der Waals surface area contributed by atoms with Crippen molar-refractivity contribution in [2.75, 3.05) is 5.73 Å². The van der Waals surface area contributed by atoms with Gasteiger partial charge in [0.25, 0.3) is 0 Å². The van der Waals surface area contributed by atoms with Gasteiger partial charge in [0.15, 0.2) is 0 Å². The average Bonchev–Trinajstić information content (AvgIpc) is 3.11. The van der Waals surface area contributed by atoms with Crippen LogP contribution in [0.3, 0.4) is 0 Å². The Morgan fingerprint density at radius 1 is 1.29 bits per heavy atom. The van der Waals surface area contributed by atoms with Crippen molar-refractivity contribution in [3.8, 4) is 0 Å². The van der Waals surface area contributed by atoms with Gasteiger partial charge in [-0.25, -0.2) is 12.8 Å². The molecule has 1 saturated carbocycles. The molecule has 1 heterocycles. The minimum Gasteiger partial charge on any atom is -0.468 e. The lowest BCUT2D eigenvalue weighted by molar-refractivity contribution is 0.355. The molecule has 112 valence electrons. The molecule has 1 fully saturated rings. The fraction of sp³-hybridized carbons (Fsp3) is 0.286. The third kappa shape index (κ3) is 2.66. The molecule has 7 heteroatoms. The van der Waals surface area contributed by atoms with Gasteiger partial charge in [0.2, 0.25) is 10.0 Å². The quantitative estimate of drug-likeness (QED) is 0.860. The van der Waals surface area contributed by atoms with Crippen LogP contribution in [0.1, 0.15) is 18.6 Å². The smallest absolute Gasteiger partial charge is 0.248 e. The lowest BCUT2D eigenvalue weighted by Gasteiger charge is -2.22. The van der Waals surface area contributed by atoms with Gasteiger partial charge in [-0.05, 0) is 37.1 Å². The molecule has 21 heavy (non-hydrogen) atoms. The number of nitrogens with two attached hydrogens (primary N) is 1. The minimum atomic E-state index is -4.00. The van der Waals surface area contributed by atoms with Crippen LogP contribution < -0.4 is 5.73 Å². The molecular formula is C14H15FN2O3S. The van der Waals surface area contributed by atoms with Gasteiger partial charge < -0.3 is 10.2 Å². The summed E-state index contributed by atoms with van der Waals surface area (Å²) in [6, 6.07) is 7.12. The summed E-state index contributed by atoms with van der Waals surface area (Å²) in [6.07, 6.45) is 2.99. The van der Waals surface area contributed by atoms with E-state index in [2.05, 4.69) is 0 Å². The molecule has 0 atom stereocenters. The van der Waals surface area contributed by atoms with Crippen LogP contribution in [0, 0.1) is 5.82 Å². The highest BCUT2D eigenvalue weighted by Crippen LogP contribution is 2.35. The standard InChI is InChI=1S/C14H15FN2O3S/c15-12-4-1-5-13(16)14(12)21(18,19)17(10-6-7-10)9-11-3-2-8-20-11/h1-5,8,10H,6-7,9,16H2. The molecule has 0 amide bonds. The number of sulfonamides is 1. The molecule has 1 aromatic carbocycles. The Bertz CT molecular complexity index is 719. The Labute approximate surface area is 122 Å². The van der Waals surface area contributed by atoms with E-state index in [1.165, 1.54) is 22.7 Å². The molecule has 2 N–H and O–H groups in total. The number of furan rings is 1. The van der Waals surface area contributed by atoms with Crippen molar-refractivity contribution in [1.82, 2.24) is 4.31 Å². The van der Waals surface area contributed by atoms with E-state index in [1.807, 2.05) is 0 Å². The molecule has 5 nitrogen and oxygen atoms in total. The molecule has 0 saturated heterocycles. The summed E-state index contributed by atoms with van der Waals surface area (Å²) in [7, 11) is -4.00. The van der Waals surface area contributed by atoms with Crippen molar-refractivity contribution >= 4 is 15.7 Å². The second-order valence-corrected chi connectivity index (χ2v) is 6.85. The van der Waals surface area contributed by atoms with Gasteiger partial charge in [-0.2, -0.15) is 4.31 Å². The monoisotopic (exact) mass is 310 g/mol. The van der Waals surface area contributed by atoms with E-state index >= 15 is 0 Å². The van der Waals surface area contributed by atoms with Crippen molar-refractivity contribution < 1.29 is 17.2 Å². The Kier molecular flexibility index (Phi) is 3.46. The summed E-state index contributed by atoms with van der Waals surface area (Å²) in [5, 5.41) is 0. The average molecular weight is 310 g/mol. The maximum atomic E-state index is 14.0. The number of nitrogens with zero attached hydrogens (tertiary/aromatic N) is 1. The van der Waals surface area contributed by atoms with Crippen LogP contribution in [0.2, 0.25) is 0 Å². The molecular weight excluding hydrogens is 295 g/mol. The molecule has 0 unspecified atom stereocenters. The summed E-state index contributed by atoms with van der Waals surface area (Å²) >= 11 is 0. The van der Waals surface area contributed by atoms with Crippen LogP contribution in [0.15, 0.2) is 45.9 Å². The van der Waals surface area contributed by atoms with Crippen LogP contribution in [0.25, 0.3) is 0 Å². The largest absolute Gasteiger partial charge is 0.468 e. The topological polar surface area (TPSA) is 76.5 Å². The summed E-state index contributed by atoms with van der Waals surface area (Å²) in [5.74, 6) is -0.319. The summed E-state index contributed by atoms with van der Waals surface area (Å²) < 4.78 is 45.9. The summed E-state index contributed by atoms with van der Waals surface area (Å²) in [6.45, 7) is 0.0772. The van der Waals surface area contributed by atoms with Crippen LogP contribution >= 0.6 is 0 Å². The van der Waals surface area contributed by atoms with Crippen LogP contribution in [0.5, 0.6) is 0 Å². The first kappa shape index (κ1) is 14.1. The molecule has 2 aromatic rings. The number of benzene rings is 1. The van der Waals surface area contributed by atoms with Crippen molar-refractivity contribution in [3.05, 3.63) is 48.2 Å².